The molecule has 0 saturated carbocycles. The van der Waals surface area contributed by atoms with Gasteiger partial charge < -0.3 is 16.0 Å². The molecule has 0 bridgehead atoms. The molecule has 2 aromatic heterocycles. The third-order valence-electron chi connectivity index (χ3n) is 3.02. The van der Waals surface area contributed by atoms with Crippen LogP contribution in [0.1, 0.15) is 6.92 Å². The molecule has 2 aliphatic rings. The Bertz CT molecular complexity index is 810. The van der Waals surface area contributed by atoms with E-state index in [0.29, 0.717) is 17.2 Å². The van der Waals surface area contributed by atoms with Crippen molar-refractivity contribution in [3.8, 4) is 0 Å². The number of fused-ring (bicyclic) bond motifs is 2. The van der Waals surface area contributed by atoms with Crippen LogP contribution in [0.25, 0.3) is 11.2 Å². The highest BCUT2D eigenvalue weighted by Gasteiger charge is 2.32. The average Bonchev–Trinajstić information content (AvgIpc) is 3.16. The summed E-state index contributed by atoms with van der Waals surface area (Å²) in [5.74, 6) is 1.34. The van der Waals surface area contributed by atoms with Crippen LogP contribution in [-0.2, 0) is 0 Å². The standard InChI is InChI=1S/2C6H7N5/c1-7-5-4-6(10-2-8-4)11-3-9-5;1-6(7)4-5(9-2-8-4)10-3-11-6/h2-3H,1H3,(H2,7,8,9,10,11);2-3H,7H2,1H3. The zero-order valence-electron chi connectivity index (χ0n) is 12.0. The van der Waals surface area contributed by atoms with E-state index in [-0.39, 0.29) is 0 Å². The van der Waals surface area contributed by atoms with Crippen molar-refractivity contribution >= 4 is 41.2 Å². The maximum Gasteiger partial charge on any atom is 0.182 e. The summed E-state index contributed by atoms with van der Waals surface area (Å²) in [5, 5.41) is 2.93. The van der Waals surface area contributed by atoms with Crippen LogP contribution in [0, 0.1) is 0 Å². The molecule has 2 aliphatic heterocycles. The fourth-order valence-electron chi connectivity index (χ4n) is 1.93. The number of nitrogens with zero attached hydrogens (tertiary/aromatic N) is 7. The molecule has 10 nitrogen and oxygen atoms in total. The smallest absolute Gasteiger partial charge is 0.182 e. The summed E-state index contributed by atoms with van der Waals surface area (Å²) in [6, 6.07) is 0. The van der Waals surface area contributed by atoms with Crippen LogP contribution in [0.15, 0.2) is 32.6 Å². The van der Waals surface area contributed by atoms with Gasteiger partial charge in [-0.1, -0.05) is 0 Å². The van der Waals surface area contributed by atoms with Crippen LogP contribution < -0.4 is 11.1 Å². The van der Waals surface area contributed by atoms with Gasteiger partial charge in [0.05, 0.1) is 6.33 Å². The van der Waals surface area contributed by atoms with Crippen LogP contribution in [0.3, 0.4) is 0 Å². The van der Waals surface area contributed by atoms with E-state index >= 15 is 0 Å². The van der Waals surface area contributed by atoms with Gasteiger partial charge >= 0.3 is 0 Å². The quantitative estimate of drug-likeness (QED) is 0.678. The van der Waals surface area contributed by atoms with Crippen molar-refractivity contribution in [2.45, 2.75) is 12.6 Å². The van der Waals surface area contributed by atoms with Crippen LogP contribution >= 0.6 is 0 Å². The van der Waals surface area contributed by atoms with Crippen molar-refractivity contribution in [1.82, 2.24) is 19.9 Å². The summed E-state index contributed by atoms with van der Waals surface area (Å²) in [6.07, 6.45) is 5.93. The van der Waals surface area contributed by atoms with Crippen LogP contribution in [0.2, 0.25) is 0 Å². The van der Waals surface area contributed by atoms with E-state index in [0.717, 1.165) is 11.3 Å². The van der Waals surface area contributed by atoms with E-state index < -0.39 is 5.66 Å². The van der Waals surface area contributed by atoms with Gasteiger partial charge in [0, 0.05) is 7.05 Å². The van der Waals surface area contributed by atoms with Gasteiger partial charge in [-0.25, -0.2) is 34.9 Å². The highest BCUT2D eigenvalue weighted by molar-refractivity contribution is 6.50. The number of aliphatic imine (C=N–C) groups is 4. The van der Waals surface area contributed by atoms with E-state index in [2.05, 4.69) is 45.2 Å². The molecule has 4 rings (SSSR count). The second kappa shape index (κ2) is 5.41. The van der Waals surface area contributed by atoms with E-state index in [1.165, 1.54) is 19.0 Å². The number of H-pyrrole nitrogens is 1. The van der Waals surface area contributed by atoms with Gasteiger partial charge in [-0.15, -0.1) is 0 Å². The second-order valence-corrected chi connectivity index (χ2v) is 4.64. The number of rotatable bonds is 1. The first kappa shape index (κ1) is 13.9. The number of nitrogens with two attached hydrogens (primary N) is 1. The number of hydrogen-bond acceptors (Lipinski definition) is 9. The molecular formula is C12H14N10. The molecule has 0 amide bonds. The molecule has 2 aromatic rings. The Morgan fingerprint density at radius 3 is 2.82 bits per heavy atom. The molecule has 0 aliphatic carbocycles. The molecule has 0 fully saturated rings. The first-order valence-corrected chi connectivity index (χ1v) is 6.45. The second-order valence-electron chi connectivity index (χ2n) is 4.64. The SMILES string of the molecule is CC1(N)N=CN=C2N=CN=C21.CNc1ncnc2nc[nH]c12. The van der Waals surface area contributed by atoms with Crippen LogP contribution in [0.4, 0.5) is 5.82 Å². The minimum Gasteiger partial charge on any atom is -0.371 e. The minimum atomic E-state index is -0.756. The lowest BCUT2D eigenvalue weighted by molar-refractivity contribution is 0.670. The monoisotopic (exact) mass is 298 g/mol. The zero-order valence-corrected chi connectivity index (χ0v) is 12.0. The Morgan fingerprint density at radius 1 is 1.18 bits per heavy atom. The van der Waals surface area contributed by atoms with Crippen LogP contribution in [-0.4, -0.2) is 56.9 Å². The van der Waals surface area contributed by atoms with Gasteiger partial charge in [0.25, 0.3) is 0 Å². The fourth-order valence-corrected chi connectivity index (χ4v) is 1.93. The Labute approximate surface area is 125 Å². The maximum atomic E-state index is 5.77. The highest BCUT2D eigenvalue weighted by Crippen LogP contribution is 2.13. The Hall–Kier alpha value is -3.01. The number of anilines is 1. The Morgan fingerprint density at radius 2 is 2.05 bits per heavy atom. The van der Waals surface area contributed by atoms with E-state index in [1.807, 2.05) is 7.05 Å². The van der Waals surface area contributed by atoms with Gasteiger partial charge in [-0.05, 0) is 6.92 Å². The fraction of sp³-hybridized carbons (Fsp3) is 0.250. The highest BCUT2D eigenvalue weighted by atomic mass is 15.2. The molecule has 0 spiro atoms. The number of imidazole rings is 1. The third-order valence-corrected chi connectivity index (χ3v) is 3.02. The molecule has 112 valence electrons. The summed E-state index contributed by atoms with van der Waals surface area (Å²) < 4.78 is 0. The molecular weight excluding hydrogens is 284 g/mol. The average molecular weight is 298 g/mol. The van der Waals surface area contributed by atoms with Gasteiger partial charge in [0.2, 0.25) is 0 Å². The van der Waals surface area contributed by atoms with Crippen molar-refractivity contribution in [3.05, 3.63) is 12.7 Å². The zero-order chi connectivity index (χ0) is 15.6. The molecule has 22 heavy (non-hydrogen) atoms. The number of amidine groups is 1. The van der Waals surface area contributed by atoms with E-state index in [4.69, 9.17) is 5.73 Å². The van der Waals surface area contributed by atoms with Crippen molar-refractivity contribution in [2.75, 3.05) is 12.4 Å². The van der Waals surface area contributed by atoms with Gasteiger partial charge in [0.1, 0.15) is 30.2 Å². The third kappa shape index (κ3) is 2.46. The van der Waals surface area contributed by atoms with Crippen LogP contribution in [0.5, 0.6) is 0 Å². The number of aromatic nitrogens is 4. The number of hydrogen-bond donors (Lipinski definition) is 3. The number of aromatic amines is 1. The molecule has 4 heterocycles. The van der Waals surface area contributed by atoms with Crippen molar-refractivity contribution in [3.63, 3.8) is 0 Å². The number of nitrogens with one attached hydrogen (secondary N) is 2. The van der Waals surface area contributed by atoms with Crippen molar-refractivity contribution in [2.24, 2.45) is 25.7 Å². The predicted molar refractivity (Wildman–Crippen MR) is 85.7 cm³/mol. The summed E-state index contributed by atoms with van der Waals surface area (Å²) >= 11 is 0. The van der Waals surface area contributed by atoms with Crippen molar-refractivity contribution < 1.29 is 0 Å². The topological polar surface area (TPSA) is 142 Å². The lowest BCUT2D eigenvalue weighted by atomic mass is 10.1. The summed E-state index contributed by atoms with van der Waals surface area (Å²) in [5.41, 5.74) is 7.18. The van der Waals surface area contributed by atoms with Gasteiger partial charge in [-0.3, -0.25) is 0 Å². The summed E-state index contributed by atoms with van der Waals surface area (Å²) in [7, 11) is 1.81. The lowest BCUT2D eigenvalue weighted by Crippen LogP contribution is -2.47. The largest absolute Gasteiger partial charge is 0.371 e. The maximum absolute atomic E-state index is 5.77. The summed E-state index contributed by atoms with van der Waals surface area (Å²) in [4.78, 5) is 30.6. The molecule has 1 unspecified atom stereocenters. The van der Waals surface area contributed by atoms with Crippen molar-refractivity contribution in [1.29, 1.82) is 0 Å². The Kier molecular flexibility index (Phi) is 3.43. The van der Waals surface area contributed by atoms with E-state index in [9.17, 15) is 0 Å². The Balaban J connectivity index is 0.000000131. The first-order chi connectivity index (χ1) is 10.6. The first-order valence-electron chi connectivity index (χ1n) is 6.45. The molecule has 0 radical (unpaired) electrons. The van der Waals surface area contributed by atoms with Gasteiger partial charge in [0.15, 0.2) is 23.0 Å². The summed E-state index contributed by atoms with van der Waals surface area (Å²) in [6.45, 7) is 1.77. The normalized spacial score (nSPS) is 21.8. The molecule has 0 aromatic carbocycles. The van der Waals surface area contributed by atoms with E-state index in [1.54, 1.807) is 13.3 Å². The lowest BCUT2D eigenvalue weighted by Gasteiger charge is -2.20. The minimum absolute atomic E-state index is 0.574. The molecule has 10 heteroatoms. The predicted octanol–water partition coefficient (Wildman–Crippen LogP) is -0.0208. The van der Waals surface area contributed by atoms with Gasteiger partial charge in [-0.2, -0.15) is 0 Å². The molecule has 4 N–H and O–H groups in total. The molecule has 0 saturated heterocycles. The molecule has 1 atom stereocenters.